The molecule has 3 nitrogen and oxygen atoms in total. The molecule has 2 aromatic rings. The minimum absolute atomic E-state index is 0.576. The summed E-state index contributed by atoms with van der Waals surface area (Å²) in [5, 5.41) is 1.03. The first-order valence-electron chi connectivity index (χ1n) is 6.45. The van der Waals surface area contributed by atoms with E-state index in [2.05, 4.69) is 43.4 Å². The van der Waals surface area contributed by atoms with Crippen molar-refractivity contribution >= 4 is 48.5 Å². The quantitative estimate of drug-likeness (QED) is 0.582. The molecule has 0 saturated heterocycles. The first-order chi connectivity index (χ1) is 9.19. The fourth-order valence-corrected chi connectivity index (χ4v) is 4.14. The van der Waals surface area contributed by atoms with E-state index in [0.717, 1.165) is 31.2 Å². The number of anilines is 1. The lowest BCUT2D eigenvalue weighted by Crippen LogP contribution is -2.09. The monoisotopic (exact) mass is 383 g/mol. The molecular weight excluding hydrogens is 370 g/mol. The number of pyridine rings is 1. The number of nitrogen functional groups attached to an aromatic ring is 1. The van der Waals surface area contributed by atoms with Gasteiger partial charge in [0.25, 0.3) is 0 Å². The minimum Gasteiger partial charge on any atom is -0.323 e. The van der Waals surface area contributed by atoms with E-state index in [1.165, 1.54) is 25.7 Å². The number of nitrogens with zero attached hydrogens (tertiary/aromatic N) is 1. The Balaban J connectivity index is 2.21. The molecule has 100 valence electrons. The van der Waals surface area contributed by atoms with Gasteiger partial charge in [0.2, 0.25) is 0 Å². The smallest absolute Gasteiger partial charge is 0.0869 e. The van der Waals surface area contributed by atoms with Crippen molar-refractivity contribution in [1.29, 1.82) is 0 Å². The number of fused-ring (bicyclic) bond motifs is 1. The number of hydrazine groups is 1. The first kappa shape index (κ1) is 13.3. The summed E-state index contributed by atoms with van der Waals surface area (Å²) in [5.41, 5.74) is 5.87. The van der Waals surface area contributed by atoms with Gasteiger partial charge in [0.1, 0.15) is 0 Å². The van der Waals surface area contributed by atoms with E-state index in [1.807, 2.05) is 12.1 Å². The molecule has 0 unspecified atom stereocenters. The standard InChI is InChI=1S/C14H15Br2N3/c15-9-5-10-13(19-17)7-12(8-3-1-2-4-8)18-14(10)11(16)6-9/h5-8H,1-4,17H2,(H,18,19). The van der Waals surface area contributed by atoms with Gasteiger partial charge in [0, 0.05) is 25.9 Å². The summed E-state index contributed by atoms with van der Waals surface area (Å²) in [4.78, 5) is 4.84. The second-order valence-corrected chi connectivity index (χ2v) is 6.77. The molecule has 19 heavy (non-hydrogen) atoms. The summed E-state index contributed by atoms with van der Waals surface area (Å²) >= 11 is 7.10. The van der Waals surface area contributed by atoms with Crippen molar-refractivity contribution in [3.63, 3.8) is 0 Å². The largest absolute Gasteiger partial charge is 0.323 e. The molecular formula is C14H15Br2N3. The topological polar surface area (TPSA) is 50.9 Å². The summed E-state index contributed by atoms with van der Waals surface area (Å²) in [6.45, 7) is 0. The molecule has 3 rings (SSSR count). The summed E-state index contributed by atoms with van der Waals surface area (Å²) < 4.78 is 2.01. The number of aromatic nitrogens is 1. The molecule has 1 aromatic heterocycles. The highest BCUT2D eigenvalue weighted by Gasteiger charge is 2.20. The second kappa shape index (κ2) is 5.38. The number of hydrogen-bond acceptors (Lipinski definition) is 3. The van der Waals surface area contributed by atoms with E-state index in [-0.39, 0.29) is 0 Å². The second-order valence-electron chi connectivity index (χ2n) is 5.00. The average Bonchev–Trinajstić information content (AvgIpc) is 2.91. The Kier molecular flexibility index (Phi) is 3.78. The number of nitrogens with two attached hydrogens (primary N) is 1. The third-order valence-electron chi connectivity index (χ3n) is 3.78. The van der Waals surface area contributed by atoms with Gasteiger partial charge in [-0.2, -0.15) is 0 Å². The van der Waals surface area contributed by atoms with E-state index in [4.69, 9.17) is 10.8 Å². The Morgan fingerprint density at radius 3 is 2.58 bits per heavy atom. The van der Waals surface area contributed by atoms with Gasteiger partial charge < -0.3 is 5.43 Å². The zero-order valence-corrected chi connectivity index (χ0v) is 13.6. The lowest BCUT2D eigenvalue weighted by Gasteiger charge is -2.14. The van der Waals surface area contributed by atoms with Crippen LogP contribution in [0.2, 0.25) is 0 Å². The molecule has 0 amide bonds. The van der Waals surface area contributed by atoms with Crippen LogP contribution in [-0.4, -0.2) is 4.98 Å². The van der Waals surface area contributed by atoms with Gasteiger partial charge in [-0.1, -0.05) is 28.8 Å². The molecule has 0 atom stereocenters. The minimum atomic E-state index is 0.576. The third kappa shape index (κ3) is 2.51. The number of nitrogens with one attached hydrogen (secondary N) is 1. The predicted molar refractivity (Wildman–Crippen MR) is 86.2 cm³/mol. The Hall–Kier alpha value is -0.650. The van der Waals surface area contributed by atoms with E-state index in [1.54, 1.807) is 0 Å². The SMILES string of the molecule is NNc1cc(C2CCCC2)nc2c(Br)cc(Br)cc12. The van der Waals surface area contributed by atoms with Crippen LogP contribution < -0.4 is 11.3 Å². The first-order valence-corrected chi connectivity index (χ1v) is 8.04. The average molecular weight is 385 g/mol. The van der Waals surface area contributed by atoms with Crippen LogP contribution in [-0.2, 0) is 0 Å². The van der Waals surface area contributed by atoms with Crippen LogP contribution in [0.25, 0.3) is 10.9 Å². The molecule has 1 aromatic carbocycles. The van der Waals surface area contributed by atoms with Crippen molar-refractivity contribution in [3.05, 3.63) is 32.8 Å². The zero-order valence-electron chi connectivity index (χ0n) is 10.4. The number of hydrogen-bond donors (Lipinski definition) is 2. The highest BCUT2D eigenvalue weighted by Crippen LogP contribution is 2.38. The number of rotatable bonds is 2. The Morgan fingerprint density at radius 2 is 1.89 bits per heavy atom. The third-order valence-corrected chi connectivity index (χ3v) is 4.84. The van der Waals surface area contributed by atoms with Crippen molar-refractivity contribution in [1.82, 2.24) is 4.98 Å². The maximum absolute atomic E-state index is 5.68. The Bertz CT molecular complexity index is 622. The molecule has 1 aliphatic carbocycles. The lowest BCUT2D eigenvalue weighted by atomic mass is 10.0. The van der Waals surface area contributed by atoms with Gasteiger partial charge in [-0.05, 0) is 47.0 Å². The predicted octanol–water partition coefficient (Wildman–Crippen LogP) is 4.70. The van der Waals surface area contributed by atoms with Gasteiger partial charge in [-0.25, -0.2) is 0 Å². The lowest BCUT2D eigenvalue weighted by molar-refractivity contribution is 0.701. The van der Waals surface area contributed by atoms with Crippen molar-refractivity contribution in [2.24, 2.45) is 5.84 Å². The van der Waals surface area contributed by atoms with E-state index >= 15 is 0 Å². The molecule has 5 heteroatoms. The van der Waals surface area contributed by atoms with Gasteiger partial charge >= 0.3 is 0 Å². The fourth-order valence-electron chi connectivity index (χ4n) is 2.82. The molecule has 1 fully saturated rings. The van der Waals surface area contributed by atoms with E-state index < -0.39 is 0 Å². The molecule has 1 saturated carbocycles. The molecule has 3 N–H and O–H groups in total. The normalized spacial score (nSPS) is 16.2. The fraction of sp³-hybridized carbons (Fsp3) is 0.357. The van der Waals surface area contributed by atoms with Crippen molar-refractivity contribution < 1.29 is 0 Å². The summed E-state index contributed by atoms with van der Waals surface area (Å²) in [5.74, 6) is 6.25. The van der Waals surface area contributed by atoms with Crippen molar-refractivity contribution in [2.45, 2.75) is 31.6 Å². The number of benzene rings is 1. The Morgan fingerprint density at radius 1 is 1.16 bits per heavy atom. The van der Waals surface area contributed by atoms with E-state index in [0.29, 0.717) is 5.92 Å². The highest BCUT2D eigenvalue weighted by molar-refractivity contribution is 9.11. The van der Waals surface area contributed by atoms with Crippen LogP contribution in [0.15, 0.2) is 27.1 Å². The van der Waals surface area contributed by atoms with Crippen LogP contribution in [0.4, 0.5) is 5.69 Å². The molecule has 0 bridgehead atoms. The van der Waals surface area contributed by atoms with Crippen LogP contribution in [0.1, 0.15) is 37.3 Å². The van der Waals surface area contributed by atoms with E-state index in [9.17, 15) is 0 Å². The summed E-state index contributed by atoms with van der Waals surface area (Å²) in [7, 11) is 0. The molecule has 0 spiro atoms. The van der Waals surface area contributed by atoms with Crippen molar-refractivity contribution in [3.8, 4) is 0 Å². The van der Waals surface area contributed by atoms with Crippen LogP contribution >= 0.6 is 31.9 Å². The highest BCUT2D eigenvalue weighted by atomic mass is 79.9. The molecule has 1 aliphatic rings. The van der Waals surface area contributed by atoms with Gasteiger partial charge in [0.05, 0.1) is 11.2 Å². The van der Waals surface area contributed by atoms with Crippen LogP contribution in [0.3, 0.4) is 0 Å². The maximum atomic E-state index is 5.68. The molecule has 0 radical (unpaired) electrons. The van der Waals surface area contributed by atoms with Gasteiger partial charge in [-0.15, -0.1) is 0 Å². The van der Waals surface area contributed by atoms with Crippen LogP contribution in [0, 0.1) is 0 Å². The molecule has 0 aliphatic heterocycles. The summed E-state index contributed by atoms with van der Waals surface area (Å²) in [6.07, 6.45) is 5.07. The van der Waals surface area contributed by atoms with Gasteiger partial charge in [0.15, 0.2) is 0 Å². The Labute approximate surface area is 129 Å². The maximum Gasteiger partial charge on any atom is 0.0869 e. The van der Waals surface area contributed by atoms with Gasteiger partial charge in [-0.3, -0.25) is 10.8 Å². The van der Waals surface area contributed by atoms with Crippen molar-refractivity contribution in [2.75, 3.05) is 5.43 Å². The summed E-state index contributed by atoms with van der Waals surface area (Å²) in [6, 6.07) is 6.16. The number of halogens is 2. The van der Waals surface area contributed by atoms with Crippen LogP contribution in [0.5, 0.6) is 0 Å². The molecule has 1 heterocycles. The zero-order chi connectivity index (χ0) is 13.4.